The van der Waals surface area contributed by atoms with Crippen molar-refractivity contribution in [3.05, 3.63) is 172 Å². The average molecular weight is 910 g/mol. The monoisotopic (exact) mass is 908 g/mol. The number of nitrogens with zero attached hydrogens (tertiary/aromatic N) is 2. The third-order valence-electron chi connectivity index (χ3n) is 14.0. The quantitative estimate of drug-likeness (QED) is 0.0417. The molecule has 2 heterocycles. The van der Waals surface area contributed by atoms with Crippen LogP contribution in [-0.4, -0.2) is 83.7 Å². The average Bonchev–Trinajstić information content (AvgIpc) is 3.57. The number of phenols is 1. The number of allylic oxidation sites excluding steroid dienone is 1. The van der Waals surface area contributed by atoms with Crippen LogP contribution < -0.4 is 10.4 Å². The van der Waals surface area contributed by atoms with Crippen LogP contribution >= 0.6 is 11.6 Å². The van der Waals surface area contributed by atoms with Crippen molar-refractivity contribution in [2.45, 2.75) is 76.6 Å². The molecule has 338 valence electrons. The van der Waals surface area contributed by atoms with E-state index in [2.05, 4.69) is 62.1 Å². The van der Waals surface area contributed by atoms with Gasteiger partial charge in [0.1, 0.15) is 5.75 Å². The number of hydrogen-bond donors (Lipinski definition) is 3. The van der Waals surface area contributed by atoms with E-state index in [9.17, 15) is 24.9 Å². The van der Waals surface area contributed by atoms with E-state index in [1.807, 2.05) is 91.0 Å². The Kier molecular flexibility index (Phi) is 14.4. The Morgan fingerprint density at radius 3 is 1.98 bits per heavy atom. The molecule has 8 rings (SSSR count). The van der Waals surface area contributed by atoms with E-state index in [1.165, 1.54) is 16.5 Å². The first kappa shape index (κ1) is 46.4. The summed E-state index contributed by atoms with van der Waals surface area (Å²) < 4.78 is 7.52. The van der Waals surface area contributed by atoms with Gasteiger partial charge in [-0.1, -0.05) is 154 Å². The molecule has 10 heteroatoms. The molecule has 2 aliphatic heterocycles. The summed E-state index contributed by atoms with van der Waals surface area (Å²) in [5, 5.41) is 36.5. The molecule has 8 nitrogen and oxygen atoms in total. The number of halogens is 1. The fraction of sp³-hybridized carbons (Fsp3) is 0.345. The largest absolute Gasteiger partial charge is 0.508 e. The number of piperidine rings is 1. The second kappa shape index (κ2) is 20.2. The Hall–Kier alpha value is -5.13. The third-order valence-corrected chi connectivity index (χ3v) is 19.3. The van der Waals surface area contributed by atoms with Crippen molar-refractivity contribution in [1.82, 2.24) is 9.80 Å². The van der Waals surface area contributed by atoms with Crippen LogP contribution in [0, 0.1) is 17.8 Å². The van der Waals surface area contributed by atoms with Gasteiger partial charge in [0.25, 0.3) is 8.32 Å². The zero-order chi connectivity index (χ0) is 45.7. The minimum atomic E-state index is -3.09. The van der Waals surface area contributed by atoms with E-state index in [0.717, 1.165) is 52.3 Å². The Morgan fingerprint density at radius 1 is 0.831 bits per heavy atom. The normalized spacial score (nSPS) is 20.6. The van der Waals surface area contributed by atoms with Crippen LogP contribution in [-0.2, 0) is 20.6 Å². The number of aliphatic hydroxyl groups is 2. The van der Waals surface area contributed by atoms with Crippen LogP contribution in [0.2, 0.25) is 10.1 Å². The molecule has 0 saturated carbocycles. The zero-order valence-corrected chi connectivity index (χ0v) is 39.4. The van der Waals surface area contributed by atoms with E-state index in [0.29, 0.717) is 29.9 Å². The van der Waals surface area contributed by atoms with E-state index >= 15 is 0 Å². The molecule has 5 aromatic rings. The first-order chi connectivity index (χ1) is 31.4. The highest BCUT2D eigenvalue weighted by molar-refractivity contribution is 6.99. The highest BCUT2D eigenvalue weighted by atomic mass is 35.5. The van der Waals surface area contributed by atoms with Gasteiger partial charge >= 0.3 is 0 Å². The van der Waals surface area contributed by atoms with E-state index in [4.69, 9.17) is 16.0 Å². The van der Waals surface area contributed by atoms with Crippen LogP contribution in [0.15, 0.2) is 151 Å². The SMILES string of the molecule is CC(C)(C)[Si](OCC1=C([C@H](O)CC/C(=C/c2ccc(O)cc2Cl)c2ccccc2)[C@H](CO)[C@@H]2C(=O)N(C3CCN(Cc4ccccc4)CC3)C(=O)[C@@H]2C1)(c1ccccc1)c1ccccc1. The molecule has 0 spiro atoms. The van der Waals surface area contributed by atoms with Crippen molar-refractivity contribution in [3.63, 3.8) is 0 Å². The summed E-state index contributed by atoms with van der Waals surface area (Å²) in [6.07, 6.45) is 3.24. The molecule has 2 saturated heterocycles. The molecular formula is C55H61ClN2O6Si. The van der Waals surface area contributed by atoms with Gasteiger partial charge in [-0.2, -0.15) is 0 Å². The number of amides is 2. The van der Waals surface area contributed by atoms with Gasteiger partial charge < -0.3 is 19.7 Å². The second-order valence-corrected chi connectivity index (χ2v) is 23.7. The van der Waals surface area contributed by atoms with Gasteiger partial charge in [0.15, 0.2) is 0 Å². The lowest BCUT2D eigenvalue weighted by molar-refractivity contribution is -0.144. The smallest absolute Gasteiger partial charge is 0.261 e. The van der Waals surface area contributed by atoms with Crippen molar-refractivity contribution < 1.29 is 29.3 Å². The highest BCUT2D eigenvalue weighted by Gasteiger charge is 2.57. The van der Waals surface area contributed by atoms with E-state index in [-0.39, 0.29) is 48.1 Å². The van der Waals surface area contributed by atoms with Gasteiger partial charge in [0.05, 0.1) is 36.2 Å². The van der Waals surface area contributed by atoms with E-state index < -0.39 is 38.8 Å². The molecule has 0 bridgehead atoms. The number of rotatable bonds is 15. The predicted molar refractivity (Wildman–Crippen MR) is 262 cm³/mol. The van der Waals surface area contributed by atoms with Crippen LogP contribution in [0.4, 0.5) is 0 Å². The molecule has 3 aliphatic rings. The van der Waals surface area contributed by atoms with Crippen LogP contribution in [0.1, 0.15) is 69.6 Å². The van der Waals surface area contributed by atoms with Crippen molar-refractivity contribution in [2.24, 2.45) is 17.8 Å². The van der Waals surface area contributed by atoms with Crippen LogP contribution in [0.5, 0.6) is 5.75 Å². The topological polar surface area (TPSA) is 111 Å². The Morgan fingerprint density at radius 2 is 1.42 bits per heavy atom. The van der Waals surface area contributed by atoms with Crippen LogP contribution in [0.3, 0.4) is 0 Å². The molecule has 5 aromatic carbocycles. The predicted octanol–water partition coefficient (Wildman–Crippen LogP) is 8.88. The summed E-state index contributed by atoms with van der Waals surface area (Å²) in [5.41, 5.74) is 5.22. The molecule has 0 unspecified atom stereocenters. The number of imide groups is 1. The van der Waals surface area contributed by atoms with Crippen molar-refractivity contribution in [2.75, 3.05) is 26.3 Å². The van der Waals surface area contributed by atoms with E-state index in [1.54, 1.807) is 12.1 Å². The van der Waals surface area contributed by atoms with Gasteiger partial charge in [-0.25, -0.2) is 0 Å². The maximum absolute atomic E-state index is 14.8. The first-order valence-electron chi connectivity index (χ1n) is 23.0. The number of aromatic hydroxyl groups is 1. The first-order valence-corrected chi connectivity index (χ1v) is 25.3. The number of carbonyl (C=O) groups is 2. The maximum Gasteiger partial charge on any atom is 0.261 e. The summed E-state index contributed by atoms with van der Waals surface area (Å²) in [5.74, 6) is -2.61. The standard InChI is InChI=1S/C55H61ClN2O6Si/c1-55(2,3)65(45-20-12-6-13-21-45,46-22-14-7-15-23-46)64-37-42-33-47-52(54(63)58(53(47)62)43-28-30-57(31-29-43)35-38-16-8-4-9-17-38)48(36-59)51(42)50(61)27-25-40(39-18-10-5-11-19-39)32-41-24-26-44(60)34-49(41)56/h4-24,26,32,34,43,47-48,50,52,59-61H,25,27-31,33,35-37H2,1-3H3/b40-32-/t47-,48+,50-,52-/m1/s1. The number of carbonyl (C=O) groups excluding carboxylic acids is 2. The molecule has 0 radical (unpaired) electrons. The molecule has 3 N–H and O–H groups in total. The lowest BCUT2D eigenvalue weighted by atomic mass is 9.68. The van der Waals surface area contributed by atoms with Gasteiger partial charge in [-0.3, -0.25) is 19.4 Å². The molecule has 4 atom stereocenters. The van der Waals surface area contributed by atoms with Crippen molar-refractivity contribution >= 4 is 53.8 Å². The summed E-state index contributed by atoms with van der Waals surface area (Å²) in [6.45, 7) is 8.73. The molecule has 1 aliphatic carbocycles. The molecule has 2 fully saturated rings. The lowest BCUT2D eigenvalue weighted by Crippen LogP contribution is -2.66. The zero-order valence-electron chi connectivity index (χ0n) is 37.7. The summed E-state index contributed by atoms with van der Waals surface area (Å²) in [7, 11) is -3.09. The number of hydrogen-bond acceptors (Lipinski definition) is 7. The van der Waals surface area contributed by atoms with Gasteiger partial charge in [-0.05, 0) is 105 Å². The number of phenolic OH excluding ortho intramolecular Hbond substituents is 1. The Labute approximate surface area is 390 Å². The molecule has 0 aromatic heterocycles. The maximum atomic E-state index is 14.8. The van der Waals surface area contributed by atoms with Crippen LogP contribution in [0.25, 0.3) is 11.6 Å². The van der Waals surface area contributed by atoms with Gasteiger partial charge in [0.2, 0.25) is 11.8 Å². The Bertz CT molecular complexity index is 2450. The molecule has 2 amide bonds. The molecule has 65 heavy (non-hydrogen) atoms. The number of benzene rings is 5. The second-order valence-electron chi connectivity index (χ2n) is 19.0. The number of aliphatic hydroxyl groups excluding tert-OH is 2. The van der Waals surface area contributed by atoms with Gasteiger partial charge in [0, 0.05) is 31.6 Å². The lowest BCUT2D eigenvalue weighted by Gasteiger charge is -2.44. The number of fused-ring (bicyclic) bond motifs is 1. The fourth-order valence-corrected chi connectivity index (χ4v) is 15.6. The van der Waals surface area contributed by atoms with Gasteiger partial charge in [-0.15, -0.1) is 0 Å². The highest BCUT2D eigenvalue weighted by Crippen LogP contribution is 2.48. The summed E-state index contributed by atoms with van der Waals surface area (Å²) in [6, 6.07) is 45.7. The fourth-order valence-electron chi connectivity index (χ4n) is 10.8. The minimum absolute atomic E-state index is 0.0706. The molecular weight excluding hydrogens is 848 g/mol. The van der Waals surface area contributed by atoms with Crippen molar-refractivity contribution in [3.8, 4) is 5.75 Å². The minimum Gasteiger partial charge on any atom is -0.508 e. The summed E-state index contributed by atoms with van der Waals surface area (Å²) in [4.78, 5) is 33.5. The third kappa shape index (κ3) is 9.73. The Balaban J connectivity index is 1.15. The van der Waals surface area contributed by atoms with Crippen molar-refractivity contribution in [1.29, 1.82) is 0 Å². The summed E-state index contributed by atoms with van der Waals surface area (Å²) >= 11 is 6.61. The number of likely N-dealkylation sites (tertiary alicyclic amines) is 2.